The molecule has 1 saturated heterocycles. The number of aliphatic hydroxyl groups is 1. The van der Waals surface area contributed by atoms with E-state index in [9.17, 15) is 5.11 Å². The summed E-state index contributed by atoms with van der Waals surface area (Å²) in [6.07, 6.45) is 5.79. The molecule has 1 aliphatic heterocycles. The molecule has 2 aromatic rings. The van der Waals surface area contributed by atoms with Gasteiger partial charge in [-0.1, -0.05) is 29.8 Å². The minimum atomic E-state index is -0.786. The average Bonchev–Trinajstić information content (AvgIpc) is 2.84. The van der Waals surface area contributed by atoms with Crippen LogP contribution in [-0.2, 0) is 5.60 Å². The lowest BCUT2D eigenvalue weighted by Gasteiger charge is -2.24. The summed E-state index contributed by atoms with van der Waals surface area (Å²) < 4.78 is 0. The van der Waals surface area contributed by atoms with Crippen molar-refractivity contribution in [2.75, 3.05) is 18.0 Å². The van der Waals surface area contributed by atoms with Gasteiger partial charge in [0.05, 0.1) is 12.7 Å². The number of aryl methyl sites for hydroxylation is 1. The molecule has 0 saturated carbocycles. The zero-order valence-corrected chi connectivity index (χ0v) is 11.0. The Hall–Kier alpha value is -1.94. The van der Waals surface area contributed by atoms with E-state index in [0.29, 0.717) is 13.0 Å². The Labute approximate surface area is 112 Å². The fourth-order valence-electron chi connectivity index (χ4n) is 2.54. The number of rotatable bonds is 2. The van der Waals surface area contributed by atoms with E-state index < -0.39 is 5.60 Å². The van der Waals surface area contributed by atoms with Crippen LogP contribution in [0.15, 0.2) is 42.9 Å². The van der Waals surface area contributed by atoms with E-state index in [2.05, 4.69) is 14.9 Å². The van der Waals surface area contributed by atoms with Crippen LogP contribution in [0.2, 0.25) is 0 Å². The standard InChI is InChI=1S/C15H17N3O/c1-12-2-4-13(5-3-12)15(19)6-9-18(11-15)14-10-16-7-8-17-14/h2-5,7-8,10,19H,6,9,11H2,1H3. The molecule has 4 nitrogen and oxygen atoms in total. The Bertz CT molecular complexity index is 555. The predicted molar refractivity (Wildman–Crippen MR) is 73.9 cm³/mol. The number of benzene rings is 1. The van der Waals surface area contributed by atoms with Crippen LogP contribution in [0.3, 0.4) is 0 Å². The fraction of sp³-hybridized carbons (Fsp3) is 0.333. The molecule has 1 aromatic carbocycles. The van der Waals surface area contributed by atoms with Crippen LogP contribution in [0.4, 0.5) is 5.82 Å². The van der Waals surface area contributed by atoms with E-state index in [1.807, 2.05) is 31.2 Å². The van der Waals surface area contributed by atoms with Crippen LogP contribution < -0.4 is 4.90 Å². The Balaban J connectivity index is 1.83. The molecule has 0 aliphatic carbocycles. The Kier molecular flexibility index (Phi) is 2.95. The first kappa shape index (κ1) is 12.1. The summed E-state index contributed by atoms with van der Waals surface area (Å²) in [5.41, 5.74) is 1.39. The molecule has 1 aliphatic rings. The van der Waals surface area contributed by atoms with Gasteiger partial charge in [-0.25, -0.2) is 4.98 Å². The lowest BCUT2D eigenvalue weighted by atomic mass is 9.92. The number of aromatic nitrogens is 2. The average molecular weight is 255 g/mol. The monoisotopic (exact) mass is 255 g/mol. The Morgan fingerprint density at radius 2 is 2.00 bits per heavy atom. The van der Waals surface area contributed by atoms with E-state index >= 15 is 0 Å². The van der Waals surface area contributed by atoms with Crippen molar-refractivity contribution in [3.63, 3.8) is 0 Å². The molecule has 1 atom stereocenters. The van der Waals surface area contributed by atoms with Gasteiger partial charge in [0.25, 0.3) is 0 Å². The van der Waals surface area contributed by atoms with Gasteiger partial charge in [0, 0.05) is 18.9 Å². The van der Waals surface area contributed by atoms with Crippen LogP contribution in [0.1, 0.15) is 17.5 Å². The van der Waals surface area contributed by atoms with Gasteiger partial charge in [0.15, 0.2) is 0 Å². The summed E-state index contributed by atoms with van der Waals surface area (Å²) >= 11 is 0. The lowest BCUT2D eigenvalue weighted by molar-refractivity contribution is 0.0606. The van der Waals surface area contributed by atoms with E-state index in [1.54, 1.807) is 18.6 Å². The highest BCUT2D eigenvalue weighted by molar-refractivity contribution is 5.40. The quantitative estimate of drug-likeness (QED) is 0.890. The molecule has 98 valence electrons. The predicted octanol–water partition coefficient (Wildman–Crippen LogP) is 1.88. The van der Waals surface area contributed by atoms with Gasteiger partial charge in [-0.2, -0.15) is 0 Å². The van der Waals surface area contributed by atoms with E-state index in [1.165, 1.54) is 5.56 Å². The summed E-state index contributed by atoms with van der Waals surface area (Å²) in [4.78, 5) is 10.4. The van der Waals surface area contributed by atoms with Crippen molar-refractivity contribution in [3.8, 4) is 0 Å². The second-order valence-electron chi connectivity index (χ2n) is 5.13. The first-order chi connectivity index (χ1) is 9.17. The van der Waals surface area contributed by atoms with Gasteiger partial charge < -0.3 is 10.0 Å². The van der Waals surface area contributed by atoms with Crippen molar-refractivity contribution in [1.29, 1.82) is 0 Å². The van der Waals surface area contributed by atoms with Crippen molar-refractivity contribution in [3.05, 3.63) is 54.0 Å². The van der Waals surface area contributed by atoms with Gasteiger partial charge in [-0.15, -0.1) is 0 Å². The molecule has 0 radical (unpaired) electrons. The van der Waals surface area contributed by atoms with Gasteiger partial charge in [0.1, 0.15) is 11.4 Å². The summed E-state index contributed by atoms with van der Waals surface area (Å²) in [6.45, 7) is 3.41. The van der Waals surface area contributed by atoms with Crippen LogP contribution in [0.25, 0.3) is 0 Å². The molecular weight excluding hydrogens is 238 g/mol. The van der Waals surface area contributed by atoms with E-state index in [4.69, 9.17) is 0 Å². The van der Waals surface area contributed by atoms with Gasteiger partial charge in [0.2, 0.25) is 0 Å². The van der Waals surface area contributed by atoms with Crippen molar-refractivity contribution in [1.82, 2.24) is 9.97 Å². The number of β-amino-alcohol motifs (C(OH)–C–C–N with tert-alkyl or cyclic N) is 1. The highest BCUT2D eigenvalue weighted by Crippen LogP contribution is 2.33. The number of hydrogen-bond donors (Lipinski definition) is 1. The number of nitrogens with zero attached hydrogens (tertiary/aromatic N) is 3. The van der Waals surface area contributed by atoms with E-state index in [0.717, 1.165) is 17.9 Å². The highest BCUT2D eigenvalue weighted by atomic mass is 16.3. The maximum Gasteiger partial charge on any atom is 0.147 e. The molecule has 19 heavy (non-hydrogen) atoms. The van der Waals surface area contributed by atoms with Crippen LogP contribution in [0.5, 0.6) is 0 Å². The molecule has 2 heterocycles. The summed E-state index contributed by atoms with van der Waals surface area (Å²) in [7, 11) is 0. The molecule has 0 bridgehead atoms. The maximum atomic E-state index is 10.8. The summed E-state index contributed by atoms with van der Waals surface area (Å²) in [6, 6.07) is 8.10. The first-order valence-electron chi connectivity index (χ1n) is 6.48. The molecule has 1 unspecified atom stereocenters. The third-order valence-corrected chi connectivity index (χ3v) is 3.71. The van der Waals surface area contributed by atoms with Gasteiger partial charge >= 0.3 is 0 Å². The van der Waals surface area contributed by atoms with Gasteiger partial charge in [-0.05, 0) is 18.9 Å². The second-order valence-corrected chi connectivity index (χ2v) is 5.13. The van der Waals surface area contributed by atoms with Crippen molar-refractivity contribution in [2.45, 2.75) is 18.9 Å². The zero-order chi connectivity index (χ0) is 13.3. The molecule has 1 fully saturated rings. The molecule has 1 N–H and O–H groups in total. The minimum absolute atomic E-state index is 0.564. The Morgan fingerprint density at radius 3 is 2.68 bits per heavy atom. The third kappa shape index (κ3) is 2.31. The molecule has 0 amide bonds. The molecule has 4 heteroatoms. The molecule has 0 spiro atoms. The fourth-order valence-corrected chi connectivity index (χ4v) is 2.54. The zero-order valence-electron chi connectivity index (χ0n) is 11.0. The maximum absolute atomic E-state index is 10.8. The smallest absolute Gasteiger partial charge is 0.147 e. The largest absolute Gasteiger partial charge is 0.383 e. The van der Waals surface area contributed by atoms with Crippen LogP contribution in [-0.4, -0.2) is 28.2 Å². The van der Waals surface area contributed by atoms with Crippen molar-refractivity contribution < 1.29 is 5.11 Å². The molecular formula is C15H17N3O. The summed E-state index contributed by atoms with van der Waals surface area (Å²) in [5.74, 6) is 0.825. The topological polar surface area (TPSA) is 49.2 Å². The van der Waals surface area contributed by atoms with Gasteiger partial charge in [-0.3, -0.25) is 4.98 Å². The second kappa shape index (κ2) is 4.63. The van der Waals surface area contributed by atoms with Crippen molar-refractivity contribution >= 4 is 5.82 Å². The van der Waals surface area contributed by atoms with E-state index in [-0.39, 0.29) is 0 Å². The first-order valence-corrected chi connectivity index (χ1v) is 6.48. The highest BCUT2D eigenvalue weighted by Gasteiger charge is 2.38. The van der Waals surface area contributed by atoms with Crippen LogP contribution in [0, 0.1) is 6.92 Å². The number of hydrogen-bond acceptors (Lipinski definition) is 4. The minimum Gasteiger partial charge on any atom is -0.383 e. The lowest BCUT2D eigenvalue weighted by Crippen LogP contribution is -2.31. The van der Waals surface area contributed by atoms with Crippen LogP contribution >= 0.6 is 0 Å². The third-order valence-electron chi connectivity index (χ3n) is 3.71. The SMILES string of the molecule is Cc1ccc(C2(O)CCN(c3cnccn3)C2)cc1. The Morgan fingerprint density at radius 1 is 1.21 bits per heavy atom. The summed E-state index contributed by atoms with van der Waals surface area (Å²) in [5, 5.41) is 10.8. The normalized spacial score (nSPS) is 22.7. The molecule has 1 aromatic heterocycles. The number of anilines is 1. The molecule has 3 rings (SSSR count). The van der Waals surface area contributed by atoms with Crippen molar-refractivity contribution in [2.24, 2.45) is 0 Å².